The van der Waals surface area contributed by atoms with E-state index in [1.807, 2.05) is 24.4 Å². The number of aromatic nitrogens is 1. The van der Waals surface area contributed by atoms with E-state index in [9.17, 15) is 0 Å². The zero-order valence-corrected chi connectivity index (χ0v) is 9.02. The van der Waals surface area contributed by atoms with Gasteiger partial charge >= 0.3 is 0 Å². The van der Waals surface area contributed by atoms with Crippen LogP contribution in [0.15, 0.2) is 36.5 Å². The van der Waals surface area contributed by atoms with Gasteiger partial charge in [-0.25, -0.2) is 0 Å². The average Bonchev–Trinajstić information content (AvgIpc) is 2.82. The monoisotopic (exact) mass is 214 g/mol. The number of hydrogen-bond donors (Lipinski definition) is 1. The summed E-state index contributed by atoms with van der Waals surface area (Å²) in [4.78, 5) is 4.32. The Balaban J connectivity index is 1.86. The summed E-state index contributed by atoms with van der Waals surface area (Å²) in [6.07, 6.45) is 3.20. The van der Waals surface area contributed by atoms with Crippen molar-refractivity contribution in [2.45, 2.75) is 12.5 Å². The Labute approximate surface area is 94.5 Å². The lowest BCUT2D eigenvalue weighted by Crippen LogP contribution is -2.19. The van der Waals surface area contributed by atoms with Gasteiger partial charge in [-0.1, -0.05) is 6.07 Å². The van der Waals surface area contributed by atoms with Gasteiger partial charge in [0.05, 0.1) is 5.52 Å². The molecule has 1 N–H and O–H groups in total. The topological polar surface area (TPSA) is 34.1 Å². The summed E-state index contributed by atoms with van der Waals surface area (Å²) in [5, 5.41) is 4.44. The SMILES string of the molecule is c1cnc2cc(O[C@H]3CCNC3)ccc2c1. The van der Waals surface area contributed by atoms with Gasteiger partial charge in [0.15, 0.2) is 0 Å². The summed E-state index contributed by atoms with van der Waals surface area (Å²) in [5.41, 5.74) is 0.992. The second-order valence-corrected chi connectivity index (χ2v) is 4.09. The van der Waals surface area contributed by atoms with Gasteiger partial charge in [0.2, 0.25) is 0 Å². The Morgan fingerprint density at radius 3 is 3.19 bits per heavy atom. The van der Waals surface area contributed by atoms with E-state index < -0.39 is 0 Å². The Morgan fingerprint density at radius 1 is 1.31 bits per heavy atom. The molecule has 1 aliphatic heterocycles. The van der Waals surface area contributed by atoms with Gasteiger partial charge in [-0.2, -0.15) is 0 Å². The summed E-state index contributed by atoms with van der Waals surface area (Å²) in [6, 6.07) is 10.1. The first-order valence-electron chi connectivity index (χ1n) is 5.64. The second-order valence-electron chi connectivity index (χ2n) is 4.09. The highest BCUT2D eigenvalue weighted by molar-refractivity contribution is 5.79. The molecule has 3 heteroatoms. The maximum absolute atomic E-state index is 5.88. The number of rotatable bonds is 2. The van der Waals surface area contributed by atoms with Crippen LogP contribution in [0.2, 0.25) is 0 Å². The van der Waals surface area contributed by atoms with Crippen molar-refractivity contribution in [2.24, 2.45) is 0 Å². The molecule has 0 radical (unpaired) electrons. The van der Waals surface area contributed by atoms with Crippen molar-refractivity contribution in [2.75, 3.05) is 13.1 Å². The molecule has 0 aliphatic carbocycles. The average molecular weight is 214 g/mol. The number of nitrogens with zero attached hydrogens (tertiary/aromatic N) is 1. The summed E-state index contributed by atoms with van der Waals surface area (Å²) in [5.74, 6) is 0.917. The minimum atomic E-state index is 0.307. The molecule has 0 amide bonds. The van der Waals surface area contributed by atoms with E-state index in [-0.39, 0.29) is 0 Å². The molecule has 3 nitrogen and oxygen atoms in total. The van der Waals surface area contributed by atoms with E-state index in [4.69, 9.17) is 4.74 Å². The lowest BCUT2D eigenvalue weighted by atomic mass is 10.2. The molecule has 1 saturated heterocycles. The first-order chi connectivity index (χ1) is 7.92. The van der Waals surface area contributed by atoms with Crippen LogP contribution in [0.25, 0.3) is 10.9 Å². The van der Waals surface area contributed by atoms with Crippen molar-refractivity contribution < 1.29 is 4.74 Å². The molecule has 0 saturated carbocycles. The van der Waals surface area contributed by atoms with Gasteiger partial charge in [-0.3, -0.25) is 4.98 Å². The van der Waals surface area contributed by atoms with Crippen LogP contribution in [0.5, 0.6) is 5.75 Å². The largest absolute Gasteiger partial charge is 0.489 e. The van der Waals surface area contributed by atoms with Gasteiger partial charge < -0.3 is 10.1 Å². The van der Waals surface area contributed by atoms with Crippen molar-refractivity contribution in [1.29, 1.82) is 0 Å². The third-order valence-corrected chi connectivity index (χ3v) is 2.90. The van der Waals surface area contributed by atoms with Crippen LogP contribution in [0.4, 0.5) is 0 Å². The number of ether oxygens (including phenoxy) is 1. The fourth-order valence-electron chi connectivity index (χ4n) is 2.04. The number of pyridine rings is 1. The van der Waals surface area contributed by atoms with E-state index in [1.54, 1.807) is 0 Å². The predicted octanol–water partition coefficient (Wildman–Crippen LogP) is 1.98. The fourth-order valence-corrected chi connectivity index (χ4v) is 2.04. The molecule has 0 bridgehead atoms. The highest BCUT2D eigenvalue weighted by Crippen LogP contribution is 2.20. The van der Waals surface area contributed by atoms with Crippen LogP contribution in [-0.4, -0.2) is 24.2 Å². The van der Waals surface area contributed by atoms with E-state index >= 15 is 0 Å². The first-order valence-corrected chi connectivity index (χ1v) is 5.64. The zero-order chi connectivity index (χ0) is 10.8. The summed E-state index contributed by atoms with van der Waals surface area (Å²) < 4.78 is 5.88. The van der Waals surface area contributed by atoms with E-state index in [1.165, 1.54) is 0 Å². The number of fused-ring (bicyclic) bond motifs is 1. The summed E-state index contributed by atoms with van der Waals surface area (Å²) >= 11 is 0. The molecule has 3 rings (SSSR count). The van der Waals surface area contributed by atoms with E-state index in [0.29, 0.717) is 6.10 Å². The molecule has 2 heterocycles. The maximum atomic E-state index is 5.88. The molecular weight excluding hydrogens is 200 g/mol. The maximum Gasteiger partial charge on any atom is 0.121 e. The first kappa shape index (κ1) is 9.60. The van der Waals surface area contributed by atoms with Gasteiger partial charge in [0, 0.05) is 24.2 Å². The Bertz CT molecular complexity index is 492. The third-order valence-electron chi connectivity index (χ3n) is 2.90. The minimum absolute atomic E-state index is 0.307. The molecular formula is C13H14N2O. The molecule has 0 unspecified atom stereocenters. The van der Waals surface area contributed by atoms with Crippen LogP contribution in [0.3, 0.4) is 0 Å². The van der Waals surface area contributed by atoms with Crippen LogP contribution in [0, 0.1) is 0 Å². The van der Waals surface area contributed by atoms with Crippen molar-refractivity contribution in [1.82, 2.24) is 10.3 Å². The second kappa shape index (κ2) is 4.10. The van der Waals surface area contributed by atoms with Crippen LogP contribution < -0.4 is 10.1 Å². The molecule has 1 aromatic heterocycles. The molecule has 2 aromatic rings. The third kappa shape index (κ3) is 1.86. The zero-order valence-electron chi connectivity index (χ0n) is 9.02. The minimum Gasteiger partial charge on any atom is -0.489 e. The molecule has 16 heavy (non-hydrogen) atoms. The highest BCUT2D eigenvalue weighted by atomic mass is 16.5. The predicted molar refractivity (Wildman–Crippen MR) is 63.6 cm³/mol. The molecule has 1 atom stereocenters. The quantitative estimate of drug-likeness (QED) is 0.830. The van der Waals surface area contributed by atoms with E-state index in [2.05, 4.69) is 22.4 Å². The summed E-state index contributed by atoms with van der Waals surface area (Å²) in [6.45, 7) is 2.00. The number of benzene rings is 1. The van der Waals surface area contributed by atoms with Gasteiger partial charge in [0.25, 0.3) is 0 Å². The smallest absolute Gasteiger partial charge is 0.121 e. The van der Waals surface area contributed by atoms with Crippen molar-refractivity contribution >= 4 is 10.9 Å². The van der Waals surface area contributed by atoms with E-state index in [0.717, 1.165) is 36.2 Å². The number of nitrogens with one attached hydrogen (secondary N) is 1. The van der Waals surface area contributed by atoms with Crippen LogP contribution in [0.1, 0.15) is 6.42 Å². The fraction of sp³-hybridized carbons (Fsp3) is 0.308. The van der Waals surface area contributed by atoms with Gasteiger partial charge in [-0.05, 0) is 31.2 Å². The Hall–Kier alpha value is -1.61. The molecule has 82 valence electrons. The Kier molecular flexibility index (Phi) is 2.46. The molecule has 0 spiro atoms. The van der Waals surface area contributed by atoms with Crippen LogP contribution in [-0.2, 0) is 0 Å². The number of hydrogen-bond acceptors (Lipinski definition) is 3. The normalized spacial score (nSPS) is 20.1. The molecule has 1 aromatic carbocycles. The lowest BCUT2D eigenvalue weighted by Gasteiger charge is -2.12. The standard InChI is InChI=1S/C13H14N2O/c1-2-10-3-4-11(8-13(10)15-6-1)16-12-5-7-14-9-12/h1-4,6,8,12,14H,5,7,9H2/t12-/m0/s1. The van der Waals surface area contributed by atoms with Crippen molar-refractivity contribution in [3.63, 3.8) is 0 Å². The molecule has 1 aliphatic rings. The van der Waals surface area contributed by atoms with Crippen molar-refractivity contribution in [3.8, 4) is 5.75 Å². The van der Waals surface area contributed by atoms with Crippen LogP contribution >= 0.6 is 0 Å². The lowest BCUT2D eigenvalue weighted by molar-refractivity contribution is 0.223. The summed E-state index contributed by atoms with van der Waals surface area (Å²) in [7, 11) is 0. The van der Waals surface area contributed by atoms with Gasteiger partial charge in [-0.15, -0.1) is 0 Å². The highest BCUT2D eigenvalue weighted by Gasteiger charge is 2.15. The Morgan fingerprint density at radius 2 is 2.31 bits per heavy atom. The molecule has 1 fully saturated rings. The van der Waals surface area contributed by atoms with Gasteiger partial charge in [0.1, 0.15) is 11.9 Å². The van der Waals surface area contributed by atoms with Crippen molar-refractivity contribution in [3.05, 3.63) is 36.5 Å².